The summed E-state index contributed by atoms with van der Waals surface area (Å²) in [5.74, 6) is 0.480. The summed E-state index contributed by atoms with van der Waals surface area (Å²) in [7, 11) is 1.51. The zero-order chi connectivity index (χ0) is 13.7. The molecule has 1 atom stereocenters. The standard InChI is InChI=1S/C14H19FN2O2/c1-19-11-3-4-12(15)13(8-11)17-14(18)5-2-10-6-7-16-9-10/h3-4,8,10,16H,2,5-7,9H2,1H3,(H,17,18). The quantitative estimate of drug-likeness (QED) is 0.858. The highest BCUT2D eigenvalue weighted by Crippen LogP contribution is 2.22. The highest BCUT2D eigenvalue weighted by Gasteiger charge is 2.16. The topological polar surface area (TPSA) is 50.4 Å². The number of hydrogen-bond acceptors (Lipinski definition) is 3. The van der Waals surface area contributed by atoms with Gasteiger partial charge in [-0.25, -0.2) is 4.39 Å². The SMILES string of the molecule is COc1ccc(F)c(NC(=O)CCC2CCNC2)c1. The van der Waals surface area contributed by atoms with E-state index in [0.29, 0.717) is 18.1 Å². The number of methoxy groups -OCH3 is 1. The molecule has 0 aromatic heterocycles. The Labute approximate surface area is 112 Å². The first kappa shape index (κ1) is 13.8. The van der Waals surface area contributed by atoms with E-state index in [4.69, 9.17) is 4.74 Å². The summed E-state index contributed by atoms with van der Waals surface area (Å²) in [5, 5.41) is 5.86. The maximum Gasteiger partial charge on any atom is 0.224 e. The molecule has 0 saturated carbocycles. The molecule has 5 heteroatoms. The van der Waals surface area contributed by atoms with Crippen molar-refractivity contribution in [3.63, 3.8) is 0 Å². The number of halogens is 1. The number of benzene rings is 1. The number of anilines is 1. The first-order valence-electron chi connectivity index (χ1n) is 6.53. The Balaban J connectivity index is 1.87. The van der Waals surface area contributed by atoms with Crippen molar-refractivity contribution in [1.29, 1.82) is 0 Å². The van der Waals surface area contributed by atoms with Crippen LogP contribution in [0.1, 0.15) is 19.3 Å². The molecular weight excluding hydrogens is 247 g/mol. The van der Waals surface area contributed by atoms with Gasteiger partial charge in [0.1, 0.15) is 11.6 Å². The molecule has 1 saturated heterocycles. The fourth-order valence-corrected chi connectivity index (χ4v) is 2.24. The van der Waals surface area contributed by atoms with Gasteiger partial charge in [-0.15, -0.1) is 0 Å². The zero-order valence-corrected chi connectivity index (χ0v) is 11.0. The third-order valence-corrected chi connectivity index (χ3v) is 3.39. The number of amides is 1. The molecule has 1 aliphatic heterocycles. The van der Waals surface area contributed by atoms with Gasteiger partial charge in [0.15, 0.2) is 0 Å². The van der Waals surface area contributed by atoms with Crippen LogP contribution >= 0.6 is 0 Å². The maximum absolute atomic E-state index is 13.5. The lowest BCUT2D eigenvalue weighted by Gasteiger charge is -2.10. The predicted molar refractivity (Wildman–Crippen MR) is 71.8 cm³/mol. The normalized spacial score (nSPS) is 18.3. The lowest BCUT2D eigenvalue weighted by Crippen LogP contribution is -2.15. The second-order valence-corrected chi connectivity index (χ2v) is 4.79. The van der Waals surface area contributed by atoms with E-state index in [1.807, 2.05) is 0 Å². The largest absolute Gasteiger partial charge is 0.497 e. The van der Waals surface area contributed by atoms with Crippen LogP contribution in [0.4, 0.5) is 10.1 Å². The molecule has 1 aliphatic rings. The summed E-state index contributed by atoms with van der Waals surface area (Å²) < 4.78 is 18.5. The molecule has 1 amide bonds. The second kappa shape index (κ2) is 6.52. The third kappa shape index (κ3) is 3.92. The van der Waals surface area contributed by atoms with Crippen LogP contribution in [0.15, 0.2) is 18.2 Å². The summed E-state index contributed by atoms with van der Waals surface area (Å²) in [6, 6.07) is 4.30. The Hall–Kier alpha value is -1.62. The van der Waals surface area contributed by atoms with Crippen LogP contribution in [0, 0.1) is 11.7 Å². The molecule has 1 aromatic carbocycles. The smallest absolute Gasteiger partial charge is 0.224 e. The maximum atomic E-state index is 13.5. The molecule has 104 valence electrons. The number of carbonyl (C=O) groups is 1. The van der Waals surface area contributed by atoms with Crippen LogP contribution in [0.3, 0.4) is 0 Å². The van der Waals surface area contributed by atoms with E-state index in [2.05, 4.69) is 10.6 Å². The minimum Gasteiger partial charge on any atom is -0.497 e. The van der Waals surface area contributed by atoms with Gasteiger partial charge in [0.25, 0.3) is 0 Å². The van der Waals surface area contributed by atoms with Crippen molar-refractivity contribution in [1.82, 2.24) is 5.32 Å². The van der Waals surface area contributed by atoms with Gasteiger partial charge in [0, 0.05) is 12.5 Å². The third-order valence-electron chi connectivity index (χ3n) is 3.39. The summed E-state index contributed by atoms with van der Waals surface area (Å²) in [5.41, 5.74) is 0.175. The molecule has 1 fully saturated rings. The summed E-state index contributed by atoms with van der Waals surface area (Å²) in [6.07, 6.45) is 2.37. The predicted octanol–water partition coefficient (Wildman–Crippen LogP) is 2.16. The van der Waals surface area contributed by atoms with E-state index in [1.54, 1.807) is 0 Å². The molecule has 0 aliphatic carbocycles. The molecule has 0 bridgehead atoms. The van der Waals surface area contributed by atoms with Crippen LogP contribution in [0.5, 0.6) is 5.75 Å². The summed E-state index contributed by atoms with van der Waals surface area (Å²) in [6.45, 7) is 2.00. The van der Waals surface area contributed by atoms with Crippen molar-refractivity contribution in [2.24, 2.45) is 5.92 Å². The number of carbonyl (C=O) groups excluding carboxylic acids is 1. The zero-order valence-electron chi connectivity index (χ0n) is 11.0. The average Bonchev–Trinajstić information content (AvgIpc) is 2.92. The van der Waals surface area contributed by atoms with Crippen LogP contribution in [-0.2, 0) is 4.79 Å². The van der Waals surface area contributed by atoms with Crippen molar-refractivity contribution < 1.29 is 13.9 Å². The van der Waals surface area contributed by atoms with E-state index in [1.165, 1.54) is 25.3 Å². The minimum atomic E-state index is -0.448. The fraction of sp³-hybridized carbons (Fsp3) is 0.500. The first-order valence-corrected chi connectivity index (χ1v) is 6.53. The average molecular weight is 266 g/mol. The first-order chi connectivity index (χ1) is 9.19. The van der Waals surface area contributed by atoms with E-state index in [-0.39, 0.29) is 11.6 Å². The Kier molecular flexibility index (Phi) is 4.74. The molecule has 1 aromatic rings. The number of ether oxygens (including phenoxy) is 1. The molecular formula is C14H19FN2O2. The second-order valence-electron chi connectivity index (χ2n) is 4.79. The van der Waals surface area contributed by atoms with Gasteiger partial charge in [0.2, 0.25) is 5.91 Å². The summed E-state index contributed by atoms with van der Waals surface area (Å²) >= 11 is 0. The number of nitrogens with one attached hydrogen (secondary N) is 2. The Bertz CT molecular complexity index is 445. The molecule has 2 rings (SSSR count). The van der Waals surface area contributed by atoms with Crippen LogP contribution in [0.2, 0.25) is 0 Å². The Morgan fingerprint density at radius 3 is 3.11 bits per heavy atom. The van der Waals surface area contributed by atoms with Crippen molar-refractivity contribution >= 4 is 11.6 Å². The molecule has 19 heavy (non-hydrogen) atoms. The molecule has 1 heterocycles. The number of rotatable bonds is 5. The van der Waals surface area contributed by atoms with Gasteiger partial charge in [-0.1, -0.05) is 0 Å². The van der Waals surface area contributed by atoms with Gasteiger partial charge in [-0.2, -0.15) is 0 Å². The lowest BCUT2D eigenvalue weighted by atomic mass is 10.0. The van der Waals surface area contributed by atoms with E-state index in [9.17, 15) is 9.18 Å². The van der Waals surface area contributed by atoms with E-state index < -0.39 is 5.82 Å². The van der Waals surface area contributed by atoms with Crippen LogP contribution < -0.4 is 15.4 Å². The molecule has 0 spiro atoms. The number of hydrogen-bond donors (Lipinski definition) is 2. The van der Waals surface area contributed by atoms with Gasteiger partial charge in [0.05, 0.1) is 12.8 Å². The Morgan fingerprint density at radius 1 is 1.58 bits per heavy atom. The van der Waals surface area contributed by atoms with Gasteiger partial charge in [-0.05, 0) is 44.0 Å². The molecule has 1 unspecified atom stereocenters. The van der Waals surface area contributed by atoms with Crippen LogP contribution in [0.25, 0.3) is 0 Å². The van der Waals surface area contributed by atoms with Crippen molar-refractivity contribution in [2.75, 3.05) is 25.5 Å². The van der Waals surface area contributed by atoms with Gasteiger partial charge in [-0.3, -0.25) is 4.79 Å². The van der Waals surface area contributed by atoms with Gasteiger partial charge < -0.3 is 15.4 Å². The minimum absolute atomic E-state index is 0.154. The monoisotopic (exact) mass is 266 g/mol. The highest BCUT2D eigenvalue weighted by atomic mass is 19.1. The van der Waals surface area contributed by atoms with Crippen molar-refractivity contribution in [3.05, 3.63) is 24.0 Å². The van der Waals surface area contributed by atoms with Gasteiger partial charge >= 0.3 is 0 Å². The summed E-state index contributed by atoms with van der Waals surface area (Å²) in [4.78, 5) is 11.8. The molecule has 4 nitrogen and oxygen atoms in total. The molecule has 2 N–H and O–H groups in total. The van der Waals surface area contributed by atoms with Crippen molar-refractivity contribution in [3.8, 4) is 5.75 Å². The van der Waals surface area contributed by atoms with E-state index in [0.717, 1.165) is 25.9 Å². The molecule has 0 radical (unpaired) electrons. The fourth-order valence-electron chi connectivity index (χ4n) is 2.24. The van der Waals surface area contributed by atoms with Crippen LogP contribution in [-0.4, -0.2) is 26.1 Å². The van der Waals surface area contributed by atoms with Crippen molar-refractivity contribution in [2.45, 2.75) is 19.3 Å². The Morgan fingerprint density at radius 2 is 2.42 bits per heavy atom. The lowest BCUT2D eigenvalue weighted by molar-refractivity contribution is -0.116. The van der Waals surface area contributed by atoms with E-state index >= 15 is 0 Å². The highest BCUT2D eigenvalue weighted by molar-refractivity contribution is 5.91.